The first kappa shape index (κ1) is 10.1. The maximum atomic E-state index is 11.3. The van der Waals surface area contributed by atoms with Crippen molar-refractivity contribution in [3.8, 4) is 0 Å². The number of cyclic esters (lactones) is 1. The number of hydrogen-bond donors (Lipinski definition) is 0. The second-order valence-corrected chi connectivity index (χ2v) is 3.82. The molecule has 2 atom stereocenters. The van der Waals surface area contributed by atoms with Gasteiger partial charge in [-0.1, -0.05) is 6.92 Å². The van der Waals surface area contributed by atoms with Crippen LogP contribution < -0.4 is 0 Å². The molecular weight excluding hydrogens is 192 g/mol. The molecule has 15 heavy (non-hydrogen) atoms. The summed E-state index contributed by atoms with van der Waals surface area (Å²) in [5.41, 5.74) is 0.930. The summed E-state index contributed by atoms with van der Waals surface area (Å²) in [5, 5.41) is 7.84. The zero-order chi connectivity index (χ0) is 10.7. The van der Waals surface area contributed by atoms with Crippen molar-refractivity contribution in [2.45, 2.75) is 19.8 Å². The topological polar surface area (TPSA) is 52.1 Å². The highest BCUT2D eigenvalue weighted by Crippen LogP contribution is 2.27. The van der Waals surface area contributed by atoms with Gasteiger partial charge < -0.3 is 4.74 Å². The number of esters is 1. The van der Waals surface area contributed by atoms with E-state index in [1.54, 1.807) is 6.20 Å². The summed E-state index contributed by atoms with van der Waals surface area (Å²) in [6, 6.07) is 3.80. The Balaban J connectivity index is 2.04. The summed E-state index contributed by atoms with van der Waals surface area (Å²) in [5.74, 6) is 0.234. The minimum absolute atomic E-state index is 0.0343. The lowest BCUT2D eigenvalue weighted by Gasteiger charge is -2.11. The maximum Gasteiger partial charge on any atom is 0.309 e. The molecule has 0 saturated carbocycles. The third-order valence-corrected chi connectivity index (χ3v) is 2.85. The van der Waals surface area contributed by atoms with E-state index in [0.717, 1.165) is 18.5 Å². The van der Waals surface area contributed by atoms with Crippen LogP contribution in [0.4, 0.5) is 0 Å². The predicted octanol–water partition coefficient (Wildman–Crippen LogP) is 1.22. The minimum atomic E-state index is -0.0635. The monoisotopic (exact) mass is 206 g/mol. The summed E-state index contributed by atoms with van der Waals surface area (Å²) >= 11 is 0. The van der Waals surface area contributed by atoms with Gasteiger partial charge in [-0.3, -0.25) is 4.79 Å². The van der Waals surface area contributed by atoms with Crippen molar-refractivity contribution in [2.24, 2.45) is 11.8 Å². The molecule has 1 saturated heterocycles. The first-order valence-electron chi connectivity index (χ1n) is 5.24. The highest BCUT2D eigenvalue weighted by atomic mass is 16.5. The number of hydrogen-bond acceptors (Lipinski definition) is 4. The van der Waals surface area contributed by atoms with Crippen LogP contribution in [0.25, 0.3) is 0 Å². The maximum absolute atomic E-state index is 11.3. The van der Waals surface area contributed by atoms with E-state index in [1.807, 2.05) is 19.1 Å². The van der Waals surface area contributed by atoms with Crippen molar-refractivity contribution in [2.75, 3.05) is 6.61 Å². The Bertz CT molecular complexity index is 340. The van der Waals surface area contributed by atoms with Crippen LogP contribution in [0.2, 0.25) is 0 Å². The smallest absolute Gasteiger partial charge is 0.309 e. The molecule has 0 amide bonds. The van der Waals surface area contributed by atoms with Crippen LogP contribution in [0.15, 0.2) is 18.3 Å². The van der Waals surface area contributed by atoms with Gasteiger partial charge in [0.05, 0.1) is 18.2 Å². The van der Waals surface area contributed by atoms with E-state index in [2.05, 4.69) is 10.2 Å². The molecule has 2 unspecified atom stereocenters. The van der Waals surface area contributed by atoms with Crippen molar-refractivity contribution < 1.29 is 9.53 Å². The fourth-order valence-electron chi connectivity index (χ4n) is 2.02. The van der Waals surface area contributed by atoms with Gasteiger partial charge in [-0.05, 0) is 25.0 Å². The number of carbonyl (C=O) groups is 1. The van der Waals surface area contributed by atoms with Gasteiger partial charge in [0.15, 0.2) is 0 Å². The Morgan fingerprint density at radius 2 is 2.47 bits per heavy atom. The van der Waals surface area contributed by atoms with Crippen molar-refractivity contribution in [3.05, 3.63) is 24.0 Å². The van der Waals surface area contributed by atoms with Gasteiger partial charge in [-0.25, -0.2) is 0 Å². The number of carbonyl (C=O) groups excluding carboxylic acids is 1. The van der Waals surface area contributed by atoms with Crippen LogP contribution >= 0.6 is 0 Å². The Morgan fingerprint density at radius 1 is 1.60 bits per heavy atom. The van der Waals surface area contributed by atoms with E-state index in [1.165, 1.54) is 0 Å². The lowest BCUT2D eigenvalue weighted by molar-refractivity contribution is -0.141. The zero-order valence-corrected chi connectivity index (χ0v) is 8.72. The predicted molar refractivity (Wildman–Crippen MR) is 54.0 cm³/mol. The third-order valence-electron chi connectivity index (χ3n) is 2.85. The Morgan fingerprint density at radius 3 is 3.13 bits per heavy atom. The molecule has 1 aromatic heterocycles. The van der Waals surface area contributed by atoms with Crippen LogP contribution in [-0.2, 0) is 16.0 Å². The van der Waals surface area contributed by atoms with Gasteiger partial charge in [0.25, 0.3) is 0 Å². The molecule has 1 aliphatic heterocycles. The number of rotatable bonds is 3. The van der Waals surface area contributed by atoms with E-state index in [4.69, 9.17) is 4.74 Å². The second-order valence-electron chi connectivity index (χ2n) is 3.82. The van der Waals surface area contributed by atoms with Crippen LogP contribution in [0.5, 0.6) is 0 Å². The van der Waals surface area contributed by atoms with E-state index < -0.39 is 0 Å². The van der Waals surface area contributed by atoms with Gasteiger partial charge >= 0.3 is 5.97 Å². The van der Waals surface area contributed by atoms with Gasteiger partial charge in [-0.2, -0.15) is 10.2 Å². The van der Waals surface area contributed by atoms with Crippen molar-refractivity contribution in [1.82, 2.24) is 10.2 Å². The lowest BCUT2D eigenvalue weighted by Crippen LogP contribution is -2.17. The third kappa shape index (κ3) is 2.14. The molecule has 4 heteroatoms. The first-order chi connectivity index (χ1) is 7.31. The van der Waals surface area contributed by atoms with Crippen LogP contribution in [0.3, 0.4) is 0 Å². The number of ether oxygens (including phenoxy) is 1. The van der Waals surface area contributed by atoms with Gasteiger partial charge in [0.2, 0.25) is 0 Å². The van der Waals surface area contributed by atoms with Crippen LogP contribution in [0.1, 0.15) is 19.0 Å². The standard InChI is InChI=1S/C11H14N2O2/c1-2-10-8(7-15-11(10)14)6-9-4-3-5-12-13-9/h3-5,8,10H,2,6-7H2,1H3. The second kappa shape index (κ2) is 4.38. The molecule has 0 aliphatic carbocycles. The molecular formula is C11H14N2O2. The van der Waals surface area contributed by atoms with E-state index >= 15 is 0 Å². The van der Waals surface area contributed by atoms with Gasteiger partial charge in [0.1, 0.15) is 0 Å². The molecule has 2 heterocycles. The summed E-state index contributed by atoms with van der Waals surface area (Å²) in [4.78, 5) is 11.3. The zero-order valence-electron chi connectivity index (χ0n) is 8.72. The Kier molecular flexibility index (Phi) is 2.94. The average Bonchev–Trinajstić information content (AvgIpc) is 2.61. The highest BCUT2D eigenvalue weighted by molar-refractivity contribution is 5.74. The lowest BCUT2D eigenvalue weighted by atomic mass is 9.89. The van der Waals surface area contributed by atoms with Crippen LogP contribution in [-0.4, -0.2) is 22.8 Å². The van der Waals surface area contributed by atoms with Crippen LogP contribution in [0, 0.1) is 11.8 Å². The molecule has 0 N–H and O–H groups in total. The summed E-state index contributed by atoms with van der Waals surface area (Å²) < 4.78 is 5.05. The fourth-order valence-corrected chi connectivity index (χ4v) is 2.02. The summed E-state index contributed by atoms with van der Waals surface area (Å²) in [7, 11) is 0. The largest absolute Gasteiger partial charge is 0.465 e. The van der Waals surface area contributed by atoms with Gasteiger partial charge in [-0.15, -0.1) is 0 Å². The molecule has 1 fully saturated rings. The quantitative estimate of drug-likeness (QED) is 0.698. The Hall–Kier alpha value is -1.45. The molecule has 2 rings (SSSR count). The van der Waals surface area contributed by atoms with Crippen molar-refractivity contribution in [1.29, 1.82) is 0 Å². The molecule has 80 valence electrons. The van der Waals surface area contributed by atoms with E-state index in [9.17, 15) is 4.79 Å². The Labute approximate surface area is 88.7 Å². The van der Waals surface area contributed by atoms with Gasteiger partial charge in [0, 0.05) is 12.1 Å². The van der Waals surface area contributed by atoms with Crippen molar-refractivity contribution in [3.63, 3.8) is 0 Å². The molecule has 0 aromatic carbocycles. The first-order valence-corrected chi connectivity index (χ1v) is 5.24. The normalized spacial score (nSPS) is 25.3. The van der Waals surface area contributed by atoms with E-state index in [-0.39, 0.29) is 17.8 Å². The average molecular weight is 206 g/mol. The molecule has 1 aromatic rings. The fraction of sp³-hybridized carbons (Fsp3) is 0.545. The summed E-state index contributed by atoms with van der Waals surface area (Å²) in [6.45, 7) is 2.54. The highest BCUT2D eigenvalue weighted by Gasteiger charge is 2.35. The minimum Gasteiger partial charge on any atom is -0.465 e. The van der Waals surface area contributed by atoms with E-state index in [0.29, 0.717) is 6.61 Å². The SMILES string of the molecule is CCC1C(=O)OCC1Cc1cccnn1. The van der Waals surface area contributed by atoms with Crippen molar-refractivity contribution >= 4 is 5.97 Å². The molecule has 0 radical (unpaired) electrons. The molecule has 0 bridgehead atoms. The number of nitrogens with zero attached hydrogens (tertiary/aromatic N) is 2. The summed E-state index contributed by atoms with van der Waals surface area (Å²) in [6.07, 6.45) is 3.26. The molecule has 0 spiro atoms. The number of aromatic nitrogens is 2. The molecule has 4 nitrogen and oxygen atoms in total. The molecule has 1 aliphatic rings.